The van der Waals surface area contributed by atoms with Gasteiger partial charge < -0.3 is 15.5 Å². The Morgan fingerprint density at radius 2 is 2.00 bits per heavy atom. The minimum atomic E-state index is 0.0320. The smallest absolute Gasteiger partial charge is 0.256 e. The Bertz CT molecular complexity index is 442. The molecule has 0 radical (unpaired) electrons. The van der Waals surface area contributed by atoms with Crippen molar-refractivity contribution in [2.75, 3.05) is 38.5 Å². The summed E-state index contributed by atoms with van der Waals surface area (Å²) in [6.45, 7) is 6.62. The predicted molar refractivity (Wildman–Crippen MR) is 76.6 cm³/mol. The number of anilines is 1. The first-order chi connectivity index (χ1) is 8.63. The Morgan fingerprint density at radius 1 is 1.33 bits per heavy atom. The summed E-state index contributed by atoms with van der Waals surface area (Å²) in [7, 11) is 0. The SMILES string of the molecule is CCN1CCN(C(=O)c2cccc(Br)c2N)CC1. The van der Waals surface area contributed by atoms with E-state index < -0.39 is 0 Å². The summed E-state index contributed by atoms with van der Waals surface area (Å²) in [6.07, 6.45) is 0. The first kappa shape index (κ1) is 13.4. The topological polar surface area (TPSA) is 49.6 Å². The molecule has 1 amide bonds. The van der Waals surface area contributed by atoms with E-state index in [0.29, 0.717) is 11.3 Å². The highest BCUT2D eigenvalue weighted by Crippen LogP contribution is 2.24. The molecule has 2 N–H and O–H groups in total. The highest BCUT2D eigenvalue weighted by atomic mass is 79.9. The molecule has 1 aliphatic rings. The van der Waals surface area contributed by atoms with Gasteiger partial charge in [-0.25, -0.2) is 0 Å². The number of benzene rings is 1. The number of carbonyl (C=O) groups is 1. The van der Waals surface area contributed by atoms with Crippen molar-refractivity contribution in [3.05, 3.63) is 28.2 Å². The molecule has 0 saturated carbocycles. The first-order valence-corrected chi connectivity index (χ1v) is 6.98. The van der Waals surface area contributed by atoms with Gasteiger partial charge in [0.05, 0.1) is 11.3 Å². The van der Waals surface area contributed by atoms with Gasteiger partial charge in [0, 0.05) is 30.7 Å². The Balaban J connectivity index is 2.10. The zero-order chi connectivity index (χ0) is 13.1. The van der Waals surface area contributed by atoms with Gasteiger partial charge in [0.2, 0.25) is 0 Å². The summed E-state index contributed by atoms with van der Waals surface area (Å²) in [5, 5.41) is 0. The van der Waals surface area contributed by atoms with Gasteiger partial charge in [-0.15, -0.1) is 0 Å². The van der Waals surface area contributed by atoms with Gasteiger partial charge in [-0.1, -0.05) is 13.0 Å². The van der Waals surface area contributed by atoms with Crippen molar-refractivity contribution in [3.63, 3.8) is 0 Å². The normalized spacial score (nSPS) is 16.9. The zero-order valence-corrected chi connectivity index (χ0v) is 12.1. The van der Waals surface area contributed by atoms with Gasteiger partial charge in [0.25, 0.3) is 5.91 Å². The second kappa shape index (κ2) is 5.71. The number of nitrogen functional groups attached to an aromatic ring is 1. The number of nitrogens with two attached hydrogens (primary N) is 1. The van der Waals surface area contributed by atoms with Crippen LogP contribution in [0.15, 0.2) is 22.7 Å². The zero-order valence-electron chi connectivity index (χ0n) is 10.5. The van der Waals surface area contributed by atoms with Crippen molar-refractivity contribution < 1.29 is 4.79 Å². The second-order valence-electron chi connectivity index (χ2n) is 4.43. The summed E-state index contributed by atoms with van der Waals surface area (Å²) >= 11 is 3.36. The molecule has 1 aliphatic heterocycles. The molecule has 0 bridgehead atoms. The fourth-order valence-corrected chi connectivity index (χ4v) is 2.53. The molecular formula is C13H18BrN3O. The minimum absolute atomic E-state index is 0.0320. The number of amides is 1. The largest absolute Gasteiger partial charge is 0.397 e. The number of piperazine rings is 1. The van der Waals surface area contributed by atoms with Crippen LogP contribution in [0.2, 0.25) is 0 Å². The number of halogens is 1. The van der Waals surface area contributed by atoms with E-state index in [0.717, 1.165) is 37.2 Å². The fraction of sp³-hybridized carbons (Fsp3) is 0.462. The molecule has 0 unspecified atom stereocenters. The summed E-state index contributed by atoms with van der Waals surface area (Å²) in [5.74, 6) is 0.0320. The molecule has 1 aromatic rings. The third-order valence-corrected chi connectivity index (χ3v) is 4.08. The molecule has 0 aliphatic carbocycles. The number of rotatable bonds is 2. The summed E-state index contributed by atoms with van der Waals surface area (Å²) < 4.78 is 0.778. The Labute approximate surface area is 116 Å². The molecule has 18 heavy (non-hydrogen) atoms. The monoisotopic (exact) mass is 311 g/mol. The van der Waals surface area contributed by atoms with Gasteiger partial charge in [-0.2, -0.15) is 0 Å². The van der Waals surface area contributed by atoms with Gasteiger partial charge in [-0.05, 0) is 34.6 Å². The van der Waals surface area contributed by atoms with Crippen molar-refractivity contribution in [2.45, 2.75) is 6.92 Å². The maximum absolute atomic E-state index is 12.4. The van der Waals surface area contributed by atoms with Crippen LogP contribution in [0.1, 0.15) is 17.3 Å². The van der Waals surface area contributed by atoms with Crippen LogP contribution in [0.25, 0.3) is 0 Å². The predicted octanol–water partition coefficient (Wildman–Crippen LogP) is 1.81. The molecule has 0 atom stereocenters. The molecule has 0 aromatic heterocycles. The maximum atomic E-state index is 12.4. The molecule has 98 valence electrons. The minimum Gasteiger partial charge on any atom is -0.397 e. The summed E-state index contributed by atoms with van der Waals surface area (Å²) in [4.78, 5) is 16.6. The molecule has 0 spiro atoms. The standard InChI is InChI=1S/C13H18BrN3O/c1-2-16-6-8-17(9-7-16)13(18)10-4-3-5-11(14)12(10)15/h3-5H,2,6-9,15H2,1H3. The third kappa shape index (κ3) is 2.67. The van der Waals surface area contributed by atoms with E-state index in [-0.39, 0.29) is 5.91 Å². The van der Waals surface area contributed by atoms with Crippen LogP contribution in [0.3, 0.4) is 0 Å². The highest BCUT2D eigenvalue weighted by molar-refractivity contribution is 9.10. The van der Waals surface area contributed by atoms with Crippen molar-refractivity contribution in [3.8, 4) is 0 Å². The summed E-state index contributed by atoms with van der Waals surface area (Å²) in [5.41, 5.74) is 7.06. The van der Waals surface area contributed by atoms with E-state index in [9.17, 15) is 4.79 Å². The van der Waals surface area contributed by atoms with Crippen LogP contribution < -0.4 is 5.73 Å². The number of para-hydroxylation sites is 1. The van der Waals surface area contributed by atoms with E-state index in [1.807, 2.05) is 17.0 Å². The van der Waals surface area contributed by atoms with Crippen LogP contribution in [0.4, 0.5) is 5.69 Å². The molecule has 1 saturated heterocycles. The van der Waals surface area contributed by atoms with Crippen LogP contribution >= 0.6 is 15.9 Å². The third-order valence-electron chi connectivity index (χ3n) is 3.39. The van der Waals surface area contributed by atoms with E-state index in [4.69, 9.17) is 5.73 Å². The summed E-state index contributed by atoms with van der Waals surface area (Å²) in [6, 6.07) is 5.48. The number of hydrogen-bond acceptors (Lipinski definition) is 3. The van der Waals surface area contributed by atoms with Gasteiger partial charge in [0.1, 0.15) is 0 Å². The van der Waals surface area contributed by atoms with Crippen molar-refractivity contribution in [1.82, 2.24) is 9.80 Å². The second-order valence-corrected chi connectivity index (χ2v) is 5.28. The lowest BCUT2D eigenvalue weighted by Crippen LogP contribution is -2.48. The Kier molecular flexibility index (Phi) is 4.24. The average Bonchev–Trinajstić information content (AvgIpc) is 2.41. The lowest BCUT2D eigenvalue weighted by molar-refractivity contribution is 0.0644. The Morgan fingerprint density at radius 3 is 2.61 bits per heavy atom. The molecule has 1 fully saturated rings. The van der Waals surface area contributed by atoms with Crippen molar-refractivity contribution >= 4 is 27.5 Å². The van der Waals surface area contributed by atoms with Gasteiger partial charge in [-0.3, -0.25) is 4.79 Å². The van der Waals surface area contributed by atoms with Crippen LogP contribution in [-0.2, 0) is 0 Å². The molecule has 4 nitrogen and oxygen atoms in total. The van der Waals surface area contributed by atoms with Crippen molar-refractivity contribution in [1.29, 1.82) is 0 Å². The van der Waals surface area contributed by atoms with Crippen LogP contribution in [-0.4, -0.2) is 48.4 Å². The van der Waals surface area contributed by atoms with Crippen molar-refractivity contribution in [2.24, 2.45) is 0 Å². The quantitative estimate of drug-likeness (QED) is 0.847. The number of likely N-dealkylation sites (N-methyl/N-ethyl adjacent to an activating group) is 1. The van der Waals surface area contributed by atoms with Crippen LogP contribution in [0, 0.1) is 0 Å². The number of hydrogen-bond donors (Lipinski definition) is 1. The fourth-order valence-electron chi connectivity index (χ4n) is 2.16. The highest BCUT2D eigenvalue weighted by Gasteiger charge is 2.23. The van der Waals surface area contributed by atoms with Crippen LogP contribution in [0.5, 0.6) is 0 Å². The lowest BCUT2D eigenvalue weighted by atomic mass is 10.1. The molecule has 2 rings (SSSR count). The number of carbonyl (C=O) groups excluding carboxylic acids is 1. The number of nitrogens with zero attached hydrogens (tertiary/aromatic N) is 2. The maximum Gasteiger partial charge on any atom is 0.256 e. The molecule has 1 heterocycles. The molecular weight excluding hydrogens is 294 g/mol. The van der Waals surface area contributed by atoms with E-state index in [1.54, 1.807) is 6.07 Å². The first-order valence-electron chi connectivity index (χ1n) is 6.19. The van der Waals surface area contributed by atoms with E-state index in [1.165, 1.54) is 0 Å². The van der Waals surface area contributed by atoms with E-state index in [2.05, 4.69) is 27.8 Å². The van der Waals surface area contributed by atoms with E-state index >= 15 is 0 Å². The Hall–Kier alpha value is -1.07. The lowest BCUT2D eigenvalue weighted by Gasteiger charge is -2.34. The average molecular weight is 312 g/mol. The van der Waals surface area contributed by atoms with Gasteiger partial charge in [0.15, 0.2) is 0 Å². The van der Waals surface area contributed by atoms with Gasteiger partial charge >= 0.3 is 0 Å². The molecule has 1 aromatic carbocycles. The molecule has 5 heteroatoms.